The number of aryl methyl sites for hydroxylation is 1. The van der Waals surface area contributed by atoms with Gasteiger partial charge in [0, 0.05) is 46.4 Å². The number of carboxylic acid groups (broad SMARTS) is 1. The van der Waals surface area contributed by atoms with Crippen molar-refractivity contribution in [2.75, 3.05) is 0 Å². The molecule has 36 heavy (non-hydrogen) atoms. The van der Waals surface area contributed by atoms with Crippen LogP contribution in [0.15, 0.2) is 28.9 Å². The zero-order valence-electron chi connectivity index (χ0n) is 21.3. The van der Waals surface area contributed by atoms with Crippen LogP contribution in [0.2, 0.25) is 5.02 Å². The van der Waals surface area contributed by atoms with Crippen molar-refractivity contribution in [3.8, 4) is 10.8 Å². The second kappa shape index (κ2) is 12.8. The predicted molar refractivity (Wildman–Crippen MR) is 135 cm³/mol. The molecule has 0 radical (unpaired) electrons. The average molecular weight is 537 g/mol. The predicted octanol–water partition coefficient (Wildman–Crippen LogP) is 2.66. The molecule has 0 bridgehead atoms. The topological polar surface area (TPSA) is 96.1 Å². The summed E-state index contributed by atoms with van der Waals surface area (Å²) in [6.45, 7) is 6.29. The van der Waals surface area contributed by atoms with Crippen molar-refractivity contribution in [2.45, 2.75) is 77.6 Å². The molecule has 1 fully saturated rings. The fraction of sp³-hybridized carbons (Fsp3) is 0.481. The standard InChI is InChI=1S/C27H31ClN2O4S.Na/c1-15(2)10-21-14-29-27(35-21)26-24(17-6-7-17)25(30-34-26)19(8-9-23(32)33)13-20(31)12-18-5-4-16(3)11-22(18)28;/h4-5,11,14-15,17,19H,6-10,12-13H2,1-3H3,(H,32,33);/q;+1/p-1/t19-;/m0./s1. The molecular weight excluding hydrogens is 507 g/mol. The van der Waals surface area contributed by atoms with E-state index in [1.807, 2.05) is 31.3 Å². The Morgan fingerprint density at radius 3 is 2.67 bits per heavy atom. The van der Waals surface area contributed by atoms with Crippen LogP contribution in [0.4, 0.5) is 0 Å². The van der Waals surface area contributed by atoms with E-state index in [2.05, 4.69) is 24.0 Å². The molecule has 1 aromatic carbocycles. The van der Waals surface area contributed by atoms with Crippen molar-refractivity contribution in [3.05, 3.63) is 56.7 Å². The fourth-order valence-electron chi connectivity index (χ4n) is 4.42. The maximum atomic E-state index is 13.1. The van der Waals surface area contributed by atoms with Gasteiger partial charge in [-0.05, 0) is 68.1 Å². The zero-order valence-corrected chi connectivity index (χ0v) is 24.9. The maximum Gasteiger partial charge on any atom is 1.00 e. The van der Waals surface area contributed by atoms with Crippen molar-refractivity contribution in [1.29, 1.82) is 0 Å². The number of aliphatic carboxylic acids is 1. The minimum absolute atomic E-state index is 0. The molecule has 0 amide bonds. The molecule has 0 unspecified atom stereocenters. The second-order valence-corrected chi connectivity index (χ2v) is 11.5. The Morgan fingerprint density at radius 2 is 2.03 bits per heavy atom. The van der Waals surface area contributed by atoms with Crippen LogP contribution in [0.1, 0.15) is 85.0 Å². The maximum absolute atomic E-state index is 13.1. The van der Waals surface area contributed by atoms with Crippen LogP contribution < -0.4 is 34.7 Å². The van der Waals surface area contributed by atoms with Crippen molar-refractivity contribution in [1.82, 2.24) is 10.1 Å². The van der Waals surface area contributed by atoms with Crippen molar-refractivity contribution >= 4 is 34.7 Å². The number of carboxylic acids is 1. The third-order valence-corrected chi connectivity index (χ3v) is 7.62. The summed E-state index contributed by atoms with van der Waals surface area (Å²) in [7, 11) is 0. The normalized spacial score (nSPS) is 14.0. The summed E-state index contributed by atoms with van der Waals surface area (Å²) < 4.78 is 5.82. The first kappa shape index (κ1) is 29.1. The number of Topliss-reactive ketones (excluding diaryl/α,β-unsaturated/α-hetero) is 1. The monoisotopic (exact) mass is 536 g/mol. The van der Waals surface area contributed by atoms with Crippen LogP contribution in [0, 0.1) is 12.8 Å². The number of ketones is 1. The molecular formula is C27H30ClN2NaO4S. The van der Waals surface area contributed by atoms with Gasteiger partial charge < -0.3 is 14.4 Å². The first-order valence-electron chi connectivity index (χ1n) is 12.1. The van der Waals surface area contributed by atoms with Gasteiger partial charge in [0.2, 0.25) is 0 Å². The Labute approximate surface area is 243 Å². The third-order valence-electron chi connectivity index (χ3n) is 6.25. The smallest absolute Gasteiger partial charge is 0.550 e. The SMILES string of the molecule is Cc1ccc(CC(=O)C[C@H](CCC(=O)[O-])c2noc(-c3ncc(CC(C)C)s3)c2C2CC2)c(Cl)c1.[Na+]. The van der Waals surface area contributed by atoms with Gasteiger partial charge >= 0.3 is 29.6 Å². The summed E-state index contributed by atoms with van der Waals surface area (Å²) >= 11 is 7.94. The van der Waals surface area contributed by atoms with Gasteiger partial charge in [0.1, 0.15) is 5.78 Å². The molecule has 0 saturated heterocycles. The fourth-order valence-corrected chi connectivity index (χ4v) is 5.83. The molecule has 1 atom stereocenters. The molecule has 3 aromatic rings. The Hall–Kier alpha value is -1.51. The molecule has 0 aliphatic heterocycles. The number of hydrogen-bond donors (Lipinski definition) is 0. The van der Waals surface area contributed by atoms with Crippen molar-refractivity contribution in [3.63, 3.8) is 0 Å². The van der Waals surface area contributed by atoms with Gasteiger partial charge in [-0.3, -0.25) is 4.79 Å². The summed E-state index contributed by atoms with van der Waals surface area (Å²) in [5, 5.41) is 17.0. The number of aromatic nitrogens is 2. The van der Waals surface area contributed by atoms with Gasteiger partial charge in [-0.25, -0.2) is 4.98 Å². The summed E-state index contributed by atoms with van der Waals surface area (Å²) in [6.07, 6.45) is 5.35. The molecule has 6 nitrogen and oxygen atoms in total. The van der Waals surface area contributed by atoms with Crippen LogP contribution in [-0.4, -0.2) is 21.9 Å². The number of nitrogens with zero attached hydrogens (tertiary/aromatic N) is 2. The number of hydrogen-bond acceptors (Lipinski definition) is 7. The quantitative estimate of drug-likeness (QED) is 0.330. The van der Waals surface area contributed by atoms with E-state index in [1.54, 1.807) is 11.3 Å². The molecule has 4 rings (SSSR count). The molecule has 2 heterocycles. The number of carbonyl (C=O) groups is 2. The van der Waals surface area contributed by atoms with E-state index in [9.17, 15) is 14.7 Å². The number of rotatable bonds is 12. The van der Waals surface area contributed by atoms with Gasteiger partial charge in [0.25, 0.3) is 0 Å². The Balaban J connectivity index is 0.00000361. The number of thiazole rings is 1. The van der Waals surface area contributed by atoms with Crippen LogP contribution in [0.25, 0.3) is 10.8 Å². The molecule has 1 aliphatic rings. The van der Waals surface area contributed by atoms with Crippen LogP contribution in [-0.2, 0) is 22.4 Å². The van der Waals surface area contributed by atoms with E-state index >= 15 is 0 Å². The van der Waals surface area contributed by atoms with Crippen LogP contribution in [0.5, 0.6) is 0 Å². The largest absolute Gasteiger partial charge is 1.00 e. The minimum Gasteiger partial charge on any atom is -0.550 e. The molecule has 0 spiro atoms. The molecule has 1 saturated carbocycles. The molecule has 1 aliphatic carbocycles. The van der Waals surface area contributed by atoms with Gasteiger partial charge in [-0.1, -0.05) is 42.7 Å². The van der Waals surface area contributed by atoms with Gasteiger partial charge in [0.15, 0.2) is 10.8 Å². The van der Waals surface area contributed by atoms with Crippen LogP contribution >= 0.6 is 22.9 Å². The summed E-state index contributed by atoms with van der Waals surface area (Å²) in [4.78, 5) is 30.1. The van der Waals surface area contributed by atoms with E-state index in [0.29, 0.717) is 28.3 Å². The van der Waals surface area contributed by atoms with E-state index in [-0.39, 0.29) is 66.9 Å². The molecule has 0 N–H and O–H groups in total. The third kappa shape index (κ3) is 7.51. The Bertz CT molecular complexity index is 1220. The second-order valence-electron chi connectivity index (χ2n) is 9.94. The number of halogens is 1. The molecule has 186 valence electrons. The van der Waals surface area contributed by atoms with E-state index in [4.69, 9.17) is 16.1 Å². The summed E-state index contributed by atoms with van der Waals surface area (Å²) in [5.74, 6) is -0.0324. The van der Waals surface area contributed by atoms with Crippen molar-refractivity contribution < 1.29 is 48.8 Å². The minimum atomic E-state index is -1.14. The van der Waals surface area contributed by atoms with E-state index in [0.717, 1.165) is 41.0 Å². The van der Waals surface area contributed by atoms with Crippen LogP contribution in [0.3, 0.4) is 0 Å². The van der Waals surface area contributed by atoms with E-state index in [1.165, 1.54) is 4.88 Å². The summed E-state index contributed by atoms with van der Waals surface area (Å²) in [6, 6.07) is 5.64. The van der Waals surface area contributed by atoms with Crippen molar-refractivity contribution in [2.24, 2.45) is 5.92 Å². The van der Waals surface area contributed by atoms with Gasteiger partial charge in [0.05, 0.1) is 5.69 Å². The first-order chi connectivity index (χ1) is 16.7. The first-order valence-corrected chi connectivity index (χ1v) is 13.3. The molecule has 2 aromatic heterocycles. The van der Waals surface area contributed by atoms with Gasteiger partial charge in [-0.2, -0.15) is 0 Å². The summed E-state index contributed by atoms with van der Waals surface area (Å²) in [5.41, 5.74) is 3.47. The Kier molecular flexibility index (Phi) is 10.4. The van der Waals surface area contributed by atoms with Gasteiger partial charge in [-0.15, -0.1) is 11.3 Å². The van der Waals surface area contributed by atoms with E-state index < -0.39 is 5.97 Å². The molecule has 9 heteroatoms. The zero-order chi connectivity index (χ0) is 25.1. The Morgan fingerprint density at radius 1 is 1.28 bits per heavy atom. The average Bonchev–Trinajstić information content (AvgIpc) is 3.36. The number of benzene rings is 1. The number of carbonyl (C=O) groups excluding carboxylic acids is 2.